The third-order valence-electron chi connectivity index (χ3n) is 4.11. The summed E-state index contributed by atoms with van der Waals surface area (Å²) in [5.74, 6) is 0.882. The summed E-state index contributed by atoms with van der Waals surface area (Å²) >= 11 is 0. The molecule has 0 atom stereocenters. The van der Waals surface area contributed by atoms with Crippen LogP contribution in [-0.2, 0) is 21.3 Å². The summed E-state index contributed by atoms with van der Waals surface area (Å²) in [6.45, 7) is 2.80. The quantitative estimate of drug-likeness (QED) is 0.805. The minimum absolute atomic E-state index is 0.312. The van der Waals surface area contributed by atoms with E-state index in [1.54, 1.807) is 20.4 Å². The molecule has 0 saturated carbocycles. The predicted molar refractivity (Wildman–Crippen MR) is 93.9 cm³/mol. The molecular weight excluding hydrogens is 328 g/mol. The second kappa shape index (κ2) is 6.92. The van der Waals surface area contributed by atoms with Crippen LogP contribution >= 0.6 is 0 Å². The standard InChI is InChI=1S/C16H22N4O3S/c1-19(9-10-23-2)24(21,22)15-11-20(12-16-17-7-8-18-16)14-6-4-3-5-13(14)15/h3-6,11H,7-10,12H2,1-2H3,(H,17,18). The first-order chi connectivity index (χ1) is 11.5. The number of benzene rings is 1. The minimum atomic E-state index is -3.58. The van der Waals surface area contributed by atoms with Crippen LogP contribution < -0.4 is 5.32 Å². The Morgan fingerprint density at radius 3 is 2.88 bits per heavy atom. The third kappa shape index (κ3) is 3.17. The molecule has 1 aliphatic rings. The number of rotatable bonds is 7. The molecule has 2 heterocycles. The van der Waals surface area contributed by atoms with Gasteiger partial charge in [-0.1, -0.05) is 18.2 Å². The fourth-order valence-electron chi connectivity index (χ4n) is 2.77. The highest BCUT2D eigenvalue weighted by atomic mass is 32.2. The van der Waals surface area contributed by atoms with E-state index in [1.807, 2.05) is 28.8 Å². The number of fused-ring (bicyclic) bond motifs is 1. The highest BCUT2D eigenvalue weighted by molar-refractivity contribution is 7.89. The number of nitrogens with zero attached hydrogens (tertiary/aromatic N) is 3. The number of ether oxygens (including phenoxy) is 1. The highest BCUT2D eigenvalue weighted by Gasteiger charge is 2.25. The summed E-state index contributed by atoms with van der Waals surface area (Å²) in [6.07, 6.45) is 1.70. The maximum atomic E-state index is 12.9. The topological polar surface area (TPSA) is 75.9 Å². The second-order valence-corrected chi connectivity index (χ2v) is 7.73. The van der Waals surface area contributed by atoms with Crippen molar-refractivity contribution in [1.82, 2.24) is 14.2 Å². The molecule has 1 aromatic heterocycles. The molecular formula is C16H22N4O3S. The van der Waals surface area contributed by atoms with Crippen molar-refractivity contribution in [3.63, 3.8) is 0 Å². The first-order valence-corrected chi connectivity index (χ1v) is 9.28. The van der Waals surface area contributed by atoms with E-state index < -0.39 is 10.0 Å². The maximum Gasteiger partial charge on any atom is 0.245 e. The Morgan fingerprint density at radius 2 is 2.17 bits per heavy atom. The highest BCUT2D eigenvalue weighted by Crippen LogP contribution is 2.27. The van der Waals surface area contributed by atoms with Crippen molar-refractivity contribution in [3.8, 4) is 0 Å². The molecule has 2 aromatic rings. The van der Waals surface area contributed by atoms with E-state index in [2.05, 4.69) is 10.3 Å². The van der Waals surface area contributed by atoms with Gasteiger partial charge in [0.25, 0.3) is 0 Å². The van der Waals surface area contributed by atoms with Crippen molar-refractivity contribution in [2.45, 2.75) is 11.4 Å². The van der Waals surface area contributed by atoms with Crippen LogP contribution in [0.3, 0.4) is 0 Å². The number of hydrogen-bond acceptors (Lipinski definition) is 5. The molecule has 7 nitrogen and oxygen atoms in total. The molecule has 1 N–H and O–H groups in total. The van der Waals surface area contributed by atoms with Crippen molar-refractivity contribution in [2.24, 2.45) is 4.99 Å². The van der Waals surface area contributed by atoms with Crippen LogP contribution in [0.15, 0.2) is 40.4 Å². The number of likely N-dealkylation sites (N-methyl/N-ethyl adjacent to an activating group) is 1. The first-order valence-electron chi connectivity index (χ1n) is 7.84. The Hall–Kier alpha value is -1.90. The zero-order valence-electron chi connectivity index (χ0n) is 13.9. The van der Waals surface area contributed by atoms with E-state index in [4.69, 9.17) is 4.74 Å². The summed E-state index contributed by atoms with van der Waals surface area (Å²) < 4.78 is 34.1. The number of aliphatic imine (C=N–C) groups is 1. The number of para-hydroxylation sites is 1. The summed E-state index contributed by atoms with van der Waals surface area (Å²) in [7, 11) is -0.449. The number of hydrogen-bond donors (Lipinski definition) is 1. The number of methoxy groups -OCH3 is 1. The Kier molecular flexibility index (Phi) is 4.88. The van der Waals surface area contributed by atoms with E-state index in [0.717, 1.165) is 29.8 Å². The third-order valence-corrected chi connectivity index (χ3v) is 6.00. The van der Waals surface area contributed by atoms with Gasteiger partial charge in [-0.3, -0.25) is 4.99 Å². The summed E-state index contributed by atoms with van der Waals surface area (Å²) in [5, 5.41) is 3.94. The summed E-state index contributed by atoms with van der Waals surface area (Å²) in [5.41, 5.74) is 0.882. The van der Waals surface area contributed by atoms with Crippen molar-refractivity contribution in [3.05, 3.63) is 30.5 Å². The largest absolute Gasteiger partial charge is 0.383 e. The Balaban J connectivity index is 2.01. The number of amidine groups is 1. The van der Waals surface area contributed by atoms with Gasteiger partial charge in [-0.25, -0.2) is 8.42 Å². The van der Waals surface area contributed by atoms with Gasteiger partial charge in [-0.15, -0.1) is 0 Å². The van der Waals surface area contributed by atoms with Crippen LogP contribution in [-0.4, -0.2) is 63.5 Å². The lowest BCUT2D eigenvalue weighted by atomic mass is 10.2. The Bertz CT molecular complexity index is 857. The van der Waals surface area contributed by atoms with E-state index >= 15 is 0 Å². The lowest BCUT2D eigenvalue weighted by Gasteiger charge is -2.16. The average Bonchev–Trinajstić information content (AvgIpc) is 3.21. The molecule has 0 fully saturated rings. The van der Waals surface area contributed by atoms with Gasteiger partial charge in [-0.05, 0) is 6.07 Å². The van der Waals surface area contributed by atoms with Gasteiger partial charge in [0.1, 0.15) is 10.7 Å². The number of aromatic nitrogens is 1. The minimum Gasteiger partial charge on any atom is -0.383 e. The molecule has 0 bridgehead atoms. The van der Waals surface area contributed by atoms with Crippen LogP contribution in [0.2, 0.25) is 0 Å². The molecule has 0 spiro atoms. The Labute approximate surface area is 142 Å². The smallest absolute Gasteiger partial charge is 0.245 e. The molecule has 1 aliphatic heterocycles. The van der Waals surface area contributed by atoms with Crippen LogP contribution in [0.5, 0.6) is 0 Å². The monoisotopic (exact) mass is 350 g/mol. The van der Waals surface area contributed by atoms with Crippen LogP contribution in [0.1, 0.15) is 0 Å². The van der Waals surface area contributed by atoms with E-state index in [0.29, 0.717) is 24.6 Å². The van der Waals surface area contributed by atoms with E-state index in [-0.39, 0.29) is 0 Å². The molecule has 1 aromatic carbocycles. The maximum absolute atomic E-state index is 12.9. The molecule has 0 radical (unpaired) electrons. The van der Waals surface area contributed by atoms with Crippen molar-refractivity contribution in [1.29, 1.82) is 0 Å². The lowest BCUT2D eigenvalue weighted by Crippen LogP contribution is -2.30. The molecule has 0 aliphatic carbocycles. The van der Waals surface area contributed by atoms with Crippen LogP contribution in [0.4, 0.5) is 0 Å². The van der Waals surface area contributed by atoms with Gasteiger partial charge >= 0.3 is 0 Å². The average molecular weight is 350 g/mol. The van der Waals surface area contributed by atoms with Gasteiger partial charge in [0.15, 0.2) is 0 Å². The van der Waals surface area contributed by atoms with Gasteiger partial charge in [0.2, 0.25) is 10.0 Å². The number of nitrogens with one attached hydrogen (secondary N) is 1. The zero-order chi connectivity index (χ0) is 17.2. The van der Waals surface area contributed by atoms with E-state index in [9.17, 15) is 8.42 Å². The van der Waals surface area contributed by atoms with Gasteiger partial charge in [0, 0.05) is 44.3 Å². The molecule has 24 heavy (non-hydrogen) atoms. The van der Waals surface area contributed by atoms with Crippen LogP contribution in [0, 0.1) is 0 Å². The number of sulfonamides is 1. The molecule has 0 saturated heterocycles. The van der Waals surface area contributed by atoms with Crippen molar-refractivity contribution < 1.29 is 13.2 Å². The summed E-state index contributed by atoms with van der Waals surface area (Å²) in [4.78, 5) is 4.71. The molecule has 3 rings (SSSR count). The fraction of sp³-hybridized carbons (Fsp3) is 0.438. The van der Waals surface area contributed by atoms with Gasteiger partial charge < -0.3 is 14.6 Å². The van der Waals surface area contributed by atoms with Crippen molar-refractivity contribution >= 4 is 26.8 Å². The normalized spacial score (nSPS) is 15.0. The van der Waals surface area contributed by atoms with E-state index in [1.165, 1.54) is 4.31 Å². The van der Waals surface area contributed by atoms with Gasteiger partial charge in [-0.2, -0.15) is 4.31 Å². The fourth-order valence-corrected chi connectivity index (χ4v) is 4.13. The SMILES string of the molecule is COCCN(C)S(=O)(=O)c1cn(CC2=NCCN2)c2ccccc12. The predicted octanol–water partition coefficient (Wildman–Crippen LogP) is 0.910. The van der Waals surface area contributed by atoms with Crippen molar-refractivity contribution in [2.75, 3.05) is 40.4 Å². The molecule has 8 heteroatoms. The zero-order valence-corrected chi connectivity index (χ0v) is 14.7. The molecule has 130 valence electrons. The van der Waals surface area contributed by atoms with Crippen LogP contribution in [0.25, 0.3) is 10.9 Å². The lowest BCUT2D eigenvalue weighted by molar-refractivity contribution is 0.185. The first kappa shape index (κ1) is 16.9. The van der Waals surface area contributed by atoms with Gasteiger partial charge in [0.05, 0.1) is 19.7 Å². The molecule has 0 amide bonds. The Morgan fingerprint density at radius 1 is 1.38 bits per heavy atom. The second-order valence-electron chi connectivity index (χ2n) is 5.71. The molecule has 0 unspecified atom stereocenters. The summed E-state index contributed by atoms with van der Waals surface area (Å²) in [6, 6.07) is 7.53.